The molecule has 2 N–H and O–H groups in total. The maximum absolute atomic E-state index is 13.3. The second-order valence-corrected chi connectivity index (χ2v) is 6.23. The summed E-state index contributed by atoms with van der Waals surface area (Å²) in [6, 6.07) is 14.8. The molecule has 1 amide bonds. The maximum atomic E-state index is 13.3. The highest BCUT2D eigenvalue weighted by atomic mass is 19.1. The Morgan fingerprint density at radius 1 is 1.07 bits per heavy atom. The lowest BCUT2D eigenvalue weighted by atomic mass is 10.1. The summed E-state index contributed by atoms with van der Waals surface area (Å²) in [5, 5.41) is 10.1. The van der Waals surface area contributed by atoms with Crippen LogP contribution in [0.2, 0.25) is 0 Å². The molecule has 2 aromatic heterocycles. The summed E-state index contributed by atoms with van der Waals surface area (Å²) >= 11 is 0. The fraction of sp³-hybridized carbons (Fsp3) is 0.0476. The molecule has 0 aliphatic rings. The molecule has 144 valence electrons. The minimum Gasteiger partial charge on any atom is -0.365 e. The predicted molar refractivity (Wildman–Crippen MR) is 107 cm³/mol. The molecule has 0 radical (unpaired) electrons. The number of halogens is 1. The molecule has 2 aromatic carbocycles. The quantitative estimate of drug-likeness (QED) is 0.527. The molecule has 0 aliphatic carbocycles. The molecule has 4 aromatic rings. The average molecular weight is 388 g/mol. The van der Waals surface area contributed by atoms with E-state index in [0.717, 1.165) is 5.56 Å². The zero-order chi connectivity index (χ0) is 20.1. The van der Waals surface area contributed by atoms with Crippen LogP contribution in [0.5, 0.6) is 0 Å². The van der Waals surface area contributed by atoms with E-state index < -0.39 is 5.82 Å². The lowest BCUT2D eigenvalue weighted by Crippen LogP contribution is -2.12. The molecule has 0 aliphatic heterocycles. The Bertz CT molecular complexity index is 1130. The number of nitrogens with zero attached hydrogens (tertiary/aromatic N) is 4. The van der Waals surface area contributed by atoms with Crippen molar-refractivity contribution in [1.82, 2.24) is 19.7 Å². The third kappa shape index (κ3) is 4.62. The van der Waals surface area contributed by atoms with Crippen LogP contribution < -0.4 is 10.6 Å². The van der Waals surface area contributed by atoms with Gasteiger partial charge in [-0.3, -0.25) is 9.78 Å². The van der Waals surface area contributed by atoms with Crippen molar-refractivity contribution >= 4 is 17.4 Å². The van der Waals surface area contributed by atoms with Crippen LogP contribution in [0.25, 0.3) is 5.82 Å². The molecule has 0 saturated heterocycles. The SMILES string of the molecule is O=C(Nc1cccc(CNc2cncc(-n3cccn3)n2)c1)c1cccc(F)c1. The smallest absolute Gasteiger partial charge is 0.255 e. The molecular weight excluding hydrogens is 371 g/mol. The second-order valence-electron chi connectivity index (χ2n) is 6.23. The number of rotatable bonds is 6. The lowest BCUT2D eigenvalue weighted by molar-refractivity contribution is 0.102. The highest BCUT2D eigenvalue weighted by Gasteiger charge is 2.08. The van der Waals surface area contributed by atoms with Crippen LogP contribution in [0.15, 0.2) is 79.4 Å². The van der Waals surface area contributed by atoms with Gasteiger partial charge in [-0.2, -0.15) is 5.10 Å². The first-order valence-electron chi connectivity index (χ1n) is 8.89. The number of nitrogens with one attached hydrogen (secondary N) is 2. The summed E-state index contributed by atoms with van der Waals surface area (Å²) in [6.07, 6.45) is 6.72. The van der Waals surface area contributed by atoms with Crippen LogP contribution in [-0.4, -0.2) is 25.7 Å². The van der Waals surface area contributed by atoms with Crippen LogP contribution in [0.4, 0.5) is 15.9 Å². The van der Waals surface area contributed by atoms with Gasteiger partial charge in [0.1, 0.15) is 11.6 Å². The van der Waals surface area contributed by atoms with Crippen LogP contribution in [0.1, 0.15) is 15.9 Å². The Hall–Kier alpha value is -4.07. The van der Waals surface area contributed by atoms with Gasteiger partial charge in [-0.15, -0.1) is 0 Å². The Morgan fingerprint density at radius 3 is 2.79 bits per heavy atom. The van der Waals surface area contributed by atoms with Gasteiger partial charge in [-0.25, -0.2) is 14.1 Å². The molecule has 2 heterocycles. The number of aromatic nitrogens is 4. The second kappa shape index (κ2) is 8.30. The van der Waals surface area contributed by atoms with Gasteiger partial charge in [0.05, 0.1) is 12.4 Å². The van der Waals surface area contributed by atoms with Gasteiger partial charge in [-0.1, -0.05) is 18.2 Å². The molecule has 0 fully saturated rings. The van der Waals surface area contributed by atoms with Gasteiger partial charge >= 0.3 is 0 Å². The zero-order valence-electron chi connectivity index (χ0n) is 15.3. The van der Waals surface area contributed by atoms with Crippen molar-refractivity contribution in [2.24, 2.45) is 0 Å². The molecule has 29 heavy (non-hydrogen) atoms. The first kappa shape index (κ1) is 18.3. The Kier molecular flexibility index (Phi) is 5.24. The van der Waals surface area contributed by atoms with Crippen molar-refractivity contribution < 1.29 is 9.18 Å². The van der Waals surface area contributed by atoms with Crippen molar-refractivity contribution in [1.29, 1.82) is 0 Å². The fourth-order valence-electron chi connectivity index (χ4n) is 2.74. The lowest BCUT2D eigenvalue weighted by Gasteiger charge is -2.10. The molecule has 0 unspecified atom stereocenters. The normalized spacial score (nSPS) is 10.5. The molecule has 8 heteroatoms. The van der Waals surface area contributed by atoms with E-state index in [9.17, 15) is 9.18 Å². The summed E-state index contributed by atoms with van der Waals surface area (Å²) in [4.78, 5) is 20.9. The van der Waals surface area contributed by atoms with E-state index in [1.807, 2.05) is 24.3 Å². The fourth-order valence-corrected chi connectivity index (χ4v) is 2.74. The molecule has 0 bridgehead atoms. The molecule has 0 atom stereocenters. The summed E-state index contributed by atoms with van der Waals surface area (Å²) in [5.74, 6) is 0.393. The van der Waals surface area contributed by atoms with Crippen molar-refractivity contribution in [3.8, 4) is 5.82 Å². The van der Waals surface area contributed by atoms with E-state index in [1.165, 1.54) is 18.2 Å². The summed E-state index contributed by atoms with van der Waals surface area (Å²) in [6.45, 7) is 0.487. The van der Waals surface area contributed by atoms with E-state index in [2.05, 4.69) is 25.7 Å². The largest absolute Gasteiger partial charge is 0.365 e. The van der Waals surface area contributed by atoms with Crippen LogP contribution in [-0.2, 0) is 6.54 Å². The van der Waals surface area contributed by atoms with Crippen molar-refractivity contribution in [2.75, 3.05) is 10.6 Å². The number of anilines is 2. The monoisotopic (exact) mass is 388 g/mol. The summed E-state index contributed by atoms with van der Waals surface area (Å²) in [7, 11) is 0. The Morgan fingerprint density at radius 2 is 1.97 bits per heavy atom. The highest BCUT2D eigenvalue weighted by Crippen LogP contribution is 2.15. The van der Waals surface area contributed by atoms with Gasteiger partial charge in [0.2, 0.25) is 0 Å². The third-order valence-corrected chi connectivity index (χ3v) is 4.11. The predicted octanol–water partition coefficient (Wildman–Crippen LogP) is 3.67. The minimum absolute atomic E-state index is 0.263. The number of benzene rings is 2. The maximum Gasteiger partial charge on any atom is 0.255 e. The number of amides is 1. The van der Waals surface area contributed by atoms with Gasteiger partial charge in [0.15, 0.2) is 5.82 Å². The standard InChI is InChI=1S/C21H17FN6O/c22-17-6-2-5-16(11-17)21(29)26-18-7-1-4-15(10-18)12-24-19-13-23-14-20(27-19)28-9-3-8-25-28/h1-11,13-14H,12H2,(H,24,27)(H,26,29). The first-order valence-corrected chi connectivity index (χ1v) is 8.89. The van der Waals surface area contributed by atoms with E-state index >= 15 is 0 Å². The molecule has 7 nitrogen and oxygen atoms in total. The minimum atomic E-state index is -0.450. The third-order valence-electron chi connectivity index (χ3n) is 4.11. The van der Waals surface area contributed by atoms with E-state index in [1.54, 1.807) is 41.6 Å². The highest BCUT2D eigenvalue weighted by molar-refractivity contribution is 6.04. The molecular formula is C21H17FN6O. The van der Waals surface area contributed by atoms with Crippen molar-refractivity contribution in [3.05, 3.63) is 96.3 Å². The van der Waals surface area contributed by atoms with Crippen LogP contribution in [0, 0.1) is 5.82 Å². The van der Waals surface area contributed by atoms with E-state index in [4.69, 9.17) is 0 Å². The molecule has 4 rings (SSSR count). The topological polar surface area (TPSA) is 84.7 Å². The van der Waals surface area contributed by atoms with Gasteiger partial charge in [0, 0.05) is 30.2 Å². The molecule has 0 spiro atoms. The Balaban J connectivity index is 1.42. The number of carbonyl (C=O) groups excluding carboxylic acids is 1. The summed E-state index contributed by atoms with van der Waals surface area (Å²) in [5.41, 5.74) is 1.82. The number of hydrogen-bond donors (Lipinski definition) is 2. The average Bonchev–Trinajstić information content (AvgIpc) is 3.28. The zero-order valence-corrected chi connectivity index (χ0v) is 15.3. The van der Waals surface area contributed by atoms with Crippen molar-refractivity contribution in [3.63, 3.8) is 0 Å². The number of carbonyl (C=O) groups is 1. The first-order chi connectivity index (χ1) is 14.2. The van der Waals surface area contributed by atoms with Gasteiger partial charge in [-0.05, 0) is 42.0 Å². The van der Waals surface area contributed by atoms with Crippen molar-refractivity contribution in [2.45, 2.75) is 6.54 Å². The van der Waals surface area contributed by atoms with Crippen LogP contribution in [0.3, 0.4) is 0 Å². The number of hydrogen-bond acceptors (Lipinski definition) is 5. The van der Waals surface area contributed by atoms with E-state index in [-0.39, 0.29) is 11.5 Å². The summed E-state index contributed by atoms with van der Waals surface area (Å²) < 4.78 is 14.9. The molecule has 0 saturated carbocycles. The van der Waals surface area contributed by atoms with Crippen LogP contribution >= 0.6 is 0 Å². The van der Waals surface area contributed by atoms with Gasteiger partial charge in [0.25, 0.3) is 5.91 Å². The Labute approximate surface area is 166 Å². The van der Waals surface area contributed by atoms with Gasteiger partial charge < -0.3 is 10.6 Å². The van der Waals surface area contributed by atoms with E-state index in [0.29, 0.717) is 23.9 Å².